The molecular formula is C12H17N5O. The van der Waals surface area contributed by atoms with Crippen LogP contribution in [-0.4, -0.2) is 37.8 Å². The second kappa shape index (κ2) is 4.20. The average Bonchev–Trinajstić information content (AvgIpc) is 3.04. The Morgan fingerprint density at radius 1 is 1.44 bits per heavy atom. The van der Waals surface area contributed by atoms with Crippen LogP contribution in [0.3, 0.4) is 0 Å². The van der Waals surface area contributed by atoms with Crippen LogP contribution in [0.1, 0.15) is 25.1 Å². The number of nitrogens with one attached hydrogen (secondary N) is 1. The number of rotatable bonds is 5. The number of aliphatic hydroxyl groups is 1. The molecule has 0 spiro atoms. The summed E-state index contributed by atoms with van der Waals surface area (Å²) in [6.07, 6.45) is 6.81. The van der Waals surface area contributed by atoms with E-state index >= 15 is 0 Å². The number of fused-ring (bicyclic) bond motifs is 1. The van der Waals surface area contributed by atoms with Gasteiger partial charge in [0.25, 0.3) is 0 Å². The molecule has 2 aromatic rings. The molecule has 0 aromatic carbocycles. The maximum atomic E-state index is 9.04. The number of aryl methyl sites for hydroxylation is 1. The first-order valence-corrected chi connectivity index (χ1v) is 6.25. The summed E-state index contributed by atoms with van der Waals surface area (Å²) in [5, 5.41) is 20.6. The van der Waals surface area contributed by atoms with Crippen molar-refractivity contribution >= 4 is 11.5 Å². The van der Waals surface area contributed by atoms with Gasteiger partial charge in [0.05, 0.1) is 0 Å². The van der Waals surface area contributed by atoms with Crippen LogP contribution in [0, 0.1) is 12.3 Å². The van der Waals surface area contributed by atoms with Crippen molar-refractivity contribution in [1.82, 2.24) is 19.6 Å². The molecule has 0 atom stereocenters. The second-order valence-corrected chi connectivity index (χ2v) is 5.04. The summed E-state index contributed by atoms with van der Waals surface area (Å²) in [6.45, 7) is 3.01. The van der Waals surface area contributed by atoms with Gasteiger partial charge in [-0.05, 0) is 31.6 Å². The molecule has 96 valence electrons. The van der Waals surface area contributed by atoms with Gasteiger partial charge in [-0.1, -0.05) is 0 Å². The number of hydrogen-bond acceptors (Lipinski definition) is 5. The molecule has 6 nitrogen and oxygen atoms in total. The SMILES string of the molecule is Cc1nnc2c(NCC3(CCO)CC3)nccn12. The summed E-state index contributed by atoms with van der Waals surface area (Å²) >= 11 is 0. The van der Waals surface area contributed by atoms with Crippen LogP contribution < -0.4 is 5.32 Å². The first-order valence-electron chi connectivity index (χ1n) is 6.25. The number of aromatic nitrogens is 4. The lowest BCUT2D eigenvalue weighted by Crippen LogP contribution is -2.18. The number of nitrogens with zero attached hydrogens (tertiary/aromatic N) is 4. The van der Waals surface area contributed by atoms with E-state index in [9.17, 15) is 0 Å². The Hall–Kier alpha value is -1.69. The predicted octanol–water partition coefficient (Wildman–Crippen LogP) is 1.01. The van der Waals surface area contributed by atoms with Crippen LogP contribution in [0.15, 0.2) is 12.4 Å². The van der Waals surface area contributed by atoms with Crippen molar-refractivity contribution in [3.8, 4) is 0 Å². The normalized spacial score (nSPS) is 17.0. The molecule has 1 aliphatic carbocycles. The zero-order chi connectivity index (χ0) is 12.6. The highest BCUT2D eigenvalue weighted by Crippen LogP contribution is 2.48. The third-order valence-corrected chi connectivity index (χ3v) is 3.73. The molecular weight excluding hydrogens is 230 g/mol. The summed E-state index contributed by atoms with van der Waals surface area (Å²) in [6, 6.07) is 0. The van der Waals surface area contributed by atoms with E-state index in [2.05, 4.69) is 20.5 Å². The lowest BCUT2D eigenvalue weighted by molar-refractivity contribution is 0.253. The minimum absolute atomic E-state index is 0.253. The Morgan fingerprint density at radius 3 is 3.00 bits per heavy atom. The maximum absolute atomic E-state index is 9.04. The van der Waals surface area contributed by atoms with E-state index in [4.69, 9.17) is 5.11 Å². The Balaban J connectivity index is 1.79. The first-order chi connectivity index (χ1) is 8.74. The van der Waals surface area contributed by atoms with Crippen molar-refractivity contribution in [2.24, 2.45) is 5.41 Å². The van der Waals surface area contributed by atoms with Crippen LogP contribution in [0.4, 0.5) is 5.82 Å². The standard InChI is InChI=1S/C12H17N5O/c1-9-15-16-11-10(13-5-6-17(9)11)14-8-12(2-3-12)4-7-18/h5-6,18H,2-4,7-8H2,1H3,(H,13,14). The third kappa shape index (κ3) is 1.92. The van der Waals surface area contributed by atoms with E-state index in [1.54, 1.807) is 6.20 Å². The number of hydrogen-bond donors (Lipinski definition) is 2. The molecule has 18 heavy (non-hydrogen) atoms. The highest BCUT2D eigenvalue weighted by molar-refractivity contribution is 5.62. The van der Waals surface area contributed by atoms with Crippen LogP contribution in [0.2, 0.25) is 0 Å². The highest BCUT2D eigenvalue weighted by Gasteiger charge is 2.41. The number of anilines is 1. The highest BCUT2D eigenvalue weighted by atomic mass is 16.3. The fourth-order valence-corrected chi connectivity index (χ4v) is 2.27. The molecule has 2 heterocycles. The zero-order valence-corrected chi connectivity index (χ0v) is 10.4. The quantitative estimate of drug-likeness (QED) is 0.824. The van der Waals surface area contributed by atoms with Gasteiger partial charge in [0.1, 0.15) is 5.82 Å². The van der Waals surface area contributed by atoms with Gasteiger partial charge in [0, 0.05) is 25.5 Å². The molecule has 0 aliphatic heterocycles. The van der Waals surface area contributed by atoms with Gasteiger partial charge in [-0.3, -0.25) is 4.40 Å². The first kappa shape index (κ1) is 11.4. The molecule has 1 saturated carbocycles. The molecule has 0 amide bonds. The lowest BCUT2D eigenvalue weighted by Gasteiger charge is -2.14. The van der Waals surface area contributed by atoms with Gasteiger partial charge >= 0.3 is 0 Å². The topological polar surface area (TPSA) is 75.3 Å². The Bertz CT molecular complexity index is 561. The van der Waals surface area contributed by atoms with Gasteiger partial charge in [-0.25, -0.2) is 4.98 Å². The van der Waals surface area contributed by atoms with Crippen molar-refractivity contribution in [1.29, 1.82) is 0 Å². The van der Waals surface area contributed by atoms with Crippen LogP contribution in [0.25, 0.3) is 5.65 Å². The molecule has 1 aliphatic rings. The van der Waals surface area contributed by atoms with Crippen molar-refractivity contribution < 1.29 is 5.11 Å². The summed E-state index contributed by atoms with van der Waals surface area (Å²) < 4.78 is 1.92. The monoisotopic (exact) mass is 247 g/mol. The van der Waals surface area contributed by atoms with Crippen LogP contribution in [-0.2, 0) is 0 Å². The van der Waals surface area contributed by atoms with Crippen molar-refractivity contribution in [3.05, 3.63) is 18.2 Å². The third-order valence-electron chi connectivity index (χ3n) is 3.73. The summed E-state index contributed by atoms with van der Waals surface area (Å²) in [5.41, 5.74) is 1.02. The molecule has 2 N–H and O–H groups in total. The van der Waals surface area contributed by atoms with E-state index in [1.807, 2.05) is 17.5 Å². The maximum Gasteiger partial charge on any atom is 0.203 e. The number of aliphatic hydroxyl groups excluding tert-OH is 1. The van der Waals surface area contributed by atoms with Crippen molar-refractivity contribution in [3.63, 3.8) is 0 Å². The van der Waals surface area contributed by atoms with Gasteiger partial charge in [-0.15, -0.1) is 10.2 Å². The van der Waals surface area contributed by atoms with Crippen LogP contribution in [0.5, 0.6) is 0 Å². The minimum atomic E-state index is 0.253. The summed E-state index contributed by atoms with van der Waals surface area (Å²) in [4.78, 5) is 4.31. The second-order valence-electron chi connectivity index (χ2n) is 5.04. The molecule has 0 saturated heterocycles. The van der Waals surface area contributed by atoms with Gasteiger partial charge in [0.15, 0.2) is 5.82 Å². The fourth-order valence-electron chi connectivity index (χ4n) is 2.27. The Labute approximate surface area is 105 Å². The molecule has 1 fully saturated rings. The van der Waals surface area contributed by atoms with Crippen molar-refractivity contribution in [2.75, 3.05) is 18.5 Å². The van der Waals surface area contributed by atoms with E-state index in [0.717, 1.165) is 30.3 Å². The smallest absolute Gasteiger partial charge is 0.203 e. The average molecular weight is 247 g/mol. The van der Waals surface area contributed by atoms with Gasteiger partial charge in [0.2, 0.25) is 5.65 Å². The predicted molar refractivity (Wildman–Crippen MR) is 67.4 cm³/mol. The van der Waals surface area contributed by atoms with Crippen molar-refractivity contribution in [2.45, 2.75) is 26.2 Å². The van der Waals surface area contributed by atoms with Gasteiger partial charge < -0.3 is 10.4 Å². The summed E-state index contributed by atoms with van der Waals surface area (Å²) in [5.74, 6) is 1.62. The molecule has 2 aromatic heterocycles. The van der Waals surface area contributed by atoms with Crippen LogP contribution >= 0.6 is 0 Å². The largest absolute Gasteiger partial charge is 0.396 e. The molecule has 3 rings (SSSR count). The lowest BCUT2D eigenvalue weighted by atomic mass is 10.0. The molecule has 6 heteroatoms. The van der Waals surface area contributed by atoms with E-state index < -0.39 is 0 Å². The fraction of sp³-hybridized carbons (Fsp3) is 0.583. The van der Waals surface area contributed by atoms with E-state index in [-0.39, 0.29) is 12.0 Å². The molecule has 0 bridgehead atoms. The minimum Gasteiger partial charge on any atom is -0.396 e. The Kier molecular flexibility index (Phi) is 2.66. The Morgan fingerprint density at radius 2 is 2.28 bits per heavy atom. The molecule has 0 unspecified atom stereocenters. The van der Waals surface area contributed by atoms with Gasteiger partial charge in [-0.2, -0.15) is 0 Å². The van der Waals surface area contributed by atoms with E-state index in [1.165, 1.54) is 12.8 Å². The van der Waals surface area contributed by atoms with E-state index in [0.29, 0.717) is 0 Å². The summed E-state index contributed by atoms with van der Waals surface area (Å²) in [7, 11) is 0. The molecule has 0 radical (unpaired) electrons. The zero-order valence-electron chi connectivity index (χ0n) is 10.4.